The van der Waals surface area contributed by atoms with Crippen molar-refractivity contribution in [2.45, 2.75) is 6.92 Å². The summed E-state index contributed by atoms with van der Waals surface area (Å²) in [5.74, 6) is 1.49. The first-order chi connectivity index (χ1) is 8.22. The number of ether oxygens (including phenoxy) is 2. The second-order valence-corrected chi connectivity index (χ2v) is 5.08. The lowest BCUT2D eigenvalue weighted by Gasteiger charge is -1.98. The van der Waals surface area contributed by atoms with Crippen LogP contribution in [0.15, 0.2) is 34.8 Å². The van der Waals surface area contributed by atoms with E-state index in [1.54, 1.807) is 0 Å². The summed E-state index contributed by atoms with van der Waals surface area (Å²) in [6.45, 7) is 2.20. The smallest absolute Gasteiger partial charge is 0.231 e. The maximum absolute atomic E-state index is 11.6. The number of hydrogen-bond acceptors (Lipinski definition) is 4. The number of thioether (sulfide) groups is 1. The van der Waals surface area contributed by atoms with Crippen LogP contribution in [0.2, 0.25) is 0 Å². The number of fused-ring (bicyclic) bond motifs is 1. The van der Waals surface area contributed by atoms with Gasteiger partial charge in [-0.05, 0) is 41.7 Å². The lowest BCUT2D eigenvalue weighted by molar-refractivity contribution is -0.107. The minimum atomic E-state index is 0.0974. The van der Waals surface area contributed by atoms with Gasteiger partial charge in [-0.2, -0.15) is 0 Å². The van der Waals surface area contributed by atoms with Crippen LogP contribution in [0.5, 0.6) is 11.5 Å². The van der Waals surface area contributed by atoms with Crippen LogP contribution in [0.4, 0.5) is 0 Å². The quantitative estimate of drug-likeness (QED) is 0.714. The Kier molecular flexibility index (Phi) is 2.44. The molecule has 0 aliphatic carbocycles. The van der Waals surface area contributed by atoms with Crippen LogP contribution in [-0.2, 0) is 4.79 Å². The van der Waals surface area contributed by atoms with Crippen molar-refractivity contribution in [3.63, 3.8) is 0 Å². The number of benzene rings is 1. The fourth-order valence-corrected chi connectivity index (χ4v) is 2.51. The molecule has 0 bridgehead atoms. The summed E-state index contributed by atoms with van der Waals surface area (Å²) in [6.07, 6.45) is 3.77. The van der Waals surface area contributed by atoms with Gasteiger partial charge in [0.1, 0.15) is 0 Å². The van der Waals surface area contributed by atoms with Gasteiger partial charge in [-0.15, -0.1) is 0 Å². The van der Waals surface area contributed by atoms with Gasteiger partial charge >= 0.3 is 0 Å². The van der Waals surface area contributed by atoms with Gasteiger partial charge in [0, 0.05) is 5.57 Å². The summed E-state index contributed by atoms with van der Waals surface area (Å²) < 4.78 is 10.5. The third-order valence-corrected chi connectivity index (χ3v) is 3.43. The van der Waals surface area contributed by atoms with Crippen LogP contribution in [0, 0.1) is 0 Å². The molecule has 17 heavy (non-hydrogen) atoms. The van der Waals surface area contributed by atoms with Crippen molar-refractivity contribution in [2.24, 2.45) is 0 Å². The van der Waals surface area contributed by atoms with E-state index in [4.69, 9.17) is 9.47 Å². The molecule has 0 atom stereocenters. The van der Waals surface area contributed by atoms with Crippen molar-refractivity contribution in [3.8, 4) is 11.5 Å². The minimum absolute atomic E-state index is 0.0974. The second kappa shape index (κ2) is 3.96. The SMILES string of the molecule is CC1=CC(=Cc2ccc3c(c2)OCO3)C(=O)S1. The van der Waals surface area contributed by atoms with E-state index in [1.807, 2.05) is 37.3 Å². The van der Waals surface area contributed by atoms with E-state index >= 15 is 0 Å². The van der Waals surface area contributed by atoms with Gasteiger partial charge in [-0.25, -0.2) is 0 Å². The Hall–Kier alpha value is -1.68. The molecule has 3 nitrogen and oxygen atoms in total. The number of hydrogen-bond donors (Lipinski definition) is 0. The Morgan fingerprint density at radius 3 is 2.88 bits per heavy atom. The van der Waals surface area contributed by atoms with E-state index in [2.05, 4.69) is 0 Å². The molecule has 2 heterocycles. The summed E-state index contributed by atoms with van der Waals surface area (Å²) in [4.78, 5) is 12.6. The summed E-state index contributed by atoms with van der Waals surface area (Å²) in [6, 6.07) is 5.66. The lowest BCUT2D eigenvalue weighted by atomic mass is 10.1. The average molecular weight is 246 g/mol. The van der Waals surface area contributed by atoms with Crippen molar-refractivity contribution in [1.29, 1.82) is 0 Å². The van der Waals surface area contributed by atoms with Crippen LogP contribution in [0.1, 0.15) is 12.5 Å². The highest BCUT2D eigenvalue weighted by atomic mass is 32.2. The molecule has 0 amide bonds. The Balaban J connectivity index is 1.96. The van der Waals surface area contributed by atoms with Gasteiger partial charge in [0.2, 0.25) is 11.9 Å². The van der Waals surface area contributed by atoms with Gasteiger partial charge in [0.05, 0.1) is 0 Å². The number of rotatable bonds is 1. The standard InChI is InChI=1S/C13H10O3S/c1-8-4-10(13(14)17-8)5-9-2-3-11-12(6-9)16-7-15-11/h2-6H,7H2,1H3. The summed E-state index contributed by atoms with van der Waals surface area (Å²) in [5.41, 5.74) is 1.68. The molecule has 1 aromatic carbocycles. The van der Waals surface area contributed by atoms with E-state index in [1.165, 1.54) is 11.8 Å². The van der Waals surface area contributed by atoms with Crippen LogP contribution >= 0.6 is 11.8 Å². The Bertz CT molecular complexity index is 558. The first kappa shape index (κ1) is 10.5. The number of carbonyl (C=O) groups excluding carboxylic acids is 1. The fourth-order valence-electron chi connectivity index (χ4n) is 1.80. The van der Waals surface area contributed by atoms with Gasteiger partial charge in [0.25, 0.3) is 0 Å². The van der Waals surface area contributed by atoms with Crippen LogP contribution in [0.3, 0.4) is 0 Å². The molecule has 0 aromatic heterocycles. The topological polar surface area (TPSA) is 35.5 Å². The number of carbonyl (C=O) groups is 1. The molecule has 2 aliphatic rings. The van der Waals surface area contributed by atoms with Crippen LogP contribution < -0.4 is 9.47 Å². The first-order valence-electron chi connectivity index (χ1n) is 5.24. The first-order valence-corrected chi connectivity index (χ1v) is 6.06. The van der Waals surface area contributed by atoms with Crippen molar-refractivity contribution >= 4 is 23.0 Å². The minimum Gasteiger partial charge on any atom is -0.454 e. The normalized spacial score (nSPS) is 19.9. The largest absolute Gasteiger partial charge is 0.454 e. The molecule has 0 radical (unpaired) electrons. The predicted octanol–water partition coefficient (Wildman–Crippen LogP) is 2.98. The van der Waals surface area contributed by atoms with Crippen LogP contribution in [-0.4, -0.2) is 11.9 Å². The molecule has 0 fully saturated rings. The Morgan fingerprint density at radius 1 is 1.29 bits per heavy atom. The fraction of sp³-hybridized carbons (Fsp3) is 0.154. The highest BCUT2D eigenvalue weighted by Gasteiger charge is 2.17. The van der Waals surface area contributed by atoms with E-state index < -0.39 is 0 Å². The van der Waals surface area contributed by atoms with E-state index in [9.17, 15) is 4.79 Å². The van der Waals surface area contributed by atoms with Crippen LogP contribution in [0.25, 0.3) is 6.08 Å². The molecule has 86 valence electrons. The maximum atomic E-state index is 11.6. The predicted molar refractivity (Wildman–Crippen MR) is 66.9 cm³/mol. The third kappa shape index (κ3) is 1.96. The zero-order valence-electron chi connectivity index (χ0n) is 9.23. The summed E-state index contributed by atoms with van der Waals surface area (Å²) in [7, 11) is 0. The average Bonchev–Trinajstić information content (AvgIpc) is 2.85. The molecule has 1 aromatic rings. The molecule has 0 saturated carbocycles. The summed E-state index contributed by atoms with van der Waals surface area (Å²) in [5, 5.41) is 0.0974. The van der Waals surface area contributed by atoms with E-state index in [-0.39, 0.29) is 11.9 Å². The monoisotopic (exact) mass is 246 g/mol. The third-order valence-electron chi connectivity index (χ3n) is 2.57. The van der Waals surface area contributed by atoms with Gasteiger partial charge in [0.15, 0.2) is 11.5 Å². The molecule has 0 unspecified atom stereocenters. The molecule has 3 rings (SSSR count). The van der Waals surface area contributed by atoms with Gasteiger partial charge in [-0.3, -0.25) is 4.79 Å². The molecule has 0 N–H and O–H groups in total. The highest BCUT2D eigenvalue weighted by Crippen LogP contribution is 2.35. The van der Waals surface area contributed by atoms with Crippen molar-refractivity contribution in [1.82, 2.24) is 0 Å². The highest BCUT2D eigenvalue weighted by molar-refractivity contribution is 8.17. The molecule has 0 saturated heterocycles. The van der Waals surface area contributed by atoms with E-state index in [0.29, 0.717) is 0 Å². The van der Waals surface area contributed by atoms with Crippen molar-refractivity contribution in [3.05, 3.63) is 40.3 Å². The van der Waals surface area contributed by atoms with E-state index in [0.717, 1.165) is 27.5 Å². The Labute approximate surface area is 103 Å². The molecule has 0 spiro atoms. The maximum Gasteiger partial charge on any atom is 0.231 e. The van der Waals surface area contributed by atoms with Crippen molar-refractivity contribution in [2.75, 3.05) is 6.79 Å². The van der Waals surface area contributed by atoms with Gasteiger partial charge in [-0.1, -0.05) is 17.8 Å². The van der Waals surface area contributed by atoms with Crippen molar-refractivity contribution < 1.29 is 14.3 Å². The zero-order valence-corrected chi connectivity index (χ0v) is 10.0. The number of allylic oxidation sites excluding steroid dienone is 2. The van der Waals surface area contributed by atoms with Gasteiger partial charge < -0.3 is 9.47 Å². The zero-order chi connectivity index (χ0) is 11.8. The molecular weight excluding hydrogens is 236 g/mol. The Morgan fingerprint density at radius 2 is 2.12 bits per heavy atom. The molecule has 2 aliphatic heterocycles. The molecular formula is C13H10O3S. The molecule has 4 heteroatoms. The second-order valence-electron chi connectivity index (χ2n) is 3.86. The lowest BCUT2D eigenvalue weighted by Crippen LogP contribution is -1.92. The summed E-state index contributed by atoms with van der Waals surface area (Å²) >= 11 is 1.27.